The summed E-state index contributed by atoms with van der Waals surface area (Å²) in [6.45, 7) is 2.03. The smallest absolute Gasteiger partial charge is 0.130 e. The van der Waals surface area contributed by atoms with E-state index in [4.69, 9.17) is 0 Å². The van der Waals surface area contributed by atoms with Gasteiger partial charge in [-0.05, 0) is 6.92 Å². The molecule has 4 heteroatoms. The average Bonchev–Trinajstić information content (AvgIpc) is 2.24. The standard InChI is InChI=1S/C8H14BrN3/c1-6-7(5-9)8(11(2)3)12(4)10-6/h5H2,1-4H3. The van der Waals surface area contributed by atoms with Crippen molar-refractivity contribution in [1.82, 2.24) is 9.78 Å². The van der Waals surface area contributed by atoms with E-state index in [1.807, 2.05) is 32.7 Å². The summed E-state index contributed by atoms with van der Waals surface area (Å²) in [5.41, 5.74) is 2.36. The number of anilines is 1. The average molecular weight is 232 g/mol. The van der Waals surface area contributed by atoms with Gasteiger partial charge in [0, 0.05) is 32.0 Å². The van der Waals surface area contributed by atoms with E-state index in [0.29, 0.717) is 0 Å². The molecule has 0 saturated heterocycles. The molecule has 1 rings (SSSR count). The summed E-state index contributed by atoms with van der Waals surface area (Å²) in [7, 11) is 6.03. The maximum atomic E-state index is 4.35. The van der Waals surface area contributed by atoms with Gasteiger partial charge in [-0.3, -0.25) is 4.68 Å². The van der Waals surface area contributed by atoms with E-state index in [1.165, 1.54) is 11.4 Å². The molecule has 0 aliphatic heterocycles. The molecule has 3 nitrogen and oxygen atoms in total. The number of nitrogens with zero attached hydrogens (tertiary/aromatic N) is 3. The molecule has 1 aromatic heterocycles. The van der Waals surface area contributed by atoms with Gasteiger partial charge in [-0.15, -0.1) is 0 Å². The summed E-state index contributed by atoms with van der Waals surface area (Å²) >= 11 is 3.46. The molecule has 1 heterocycles. The highest BCUT2D eigenvalue weighted by atomic mass is 79.9. The van der Waals surface area contributed by atoms with Gasteiger partial charge in [-0.1, -0.05) is 15.9 Å². The van der Waals surface area contributed by atoms with Crippen LogP contribution in [-0.4, -0.2) is 23.9 Å². The molecular weight excluding hydrogens is 218 g/mol. The second-order valence-corrected chi connectivity index (χ2v) is 3.60. The summed E-state index contributed by atoms with van der Waals surface area (Å²) in [4.78, 5) is 2.08. The molecule has 0 aliphatic carbocycles. The highest BCUT2D eigenvalue weighted by molar-refractivity contribution is 9.08. The summed E-state index contributed by atoms with van der Waals surface area (Å²) in [5.74, 6) is 1.17. The van der Waals surface area contributed by atoms with E-state index >= 15 is 0 Å². The minimum Gasteiger partial charge on any atom is -0.363 e. The molecule has 0 radical (unpaired) electrons. The van der Waals surface area contributed by atoms with Gasteiger partial charge in [0.15, 0.2) is 0 Å². The molecule has 0 spiro atoms. The van der Waals surface area contributed by atoms with Crippen LogP contribution in [0.25, 0.3) is 0 Å². The molecule has 0 aromatic carbocycles. The fraction of sp³-hybridized carbons (Fsp3) is 0.625. The molecule has 12 heavy (non-hydrogen) atoms. The monoisotopic (exact) mass is 231 g/mol. The van der Waals surface area contributed by atoms with E-state index < -0.39 is 0 Å². The second kappa shape index (κ2) is 3.47. The van der Waals surface area contributed by atoms with Gasteiger partial charge in [-0.25, -0.2) is 0 Å². The van der Waals surface area contributed by atoms with Crippen LogP contribution in [0.2, 0.25) is 0 Å². The van der Waals surface area contributed by atoms with Crippen LogP contribution >= 0.6 is 15.9 Å². The number of rotatable bonds is 2. The third kappa shape index (κ3) is 1.48. The molecular formula is C8H14BrN3. The van der Waals surface area contributed by atoms with E-state index in [0.717, 1.165) is 11.0 Å². The SMILES string of the molecule is Cc1nn(C)c(N(C)C)c1CBr. The van der Waals surface area contributed by atoms with Crippen LogP contribution in [0.15, 0.2) is 0 Å². The number of halogens is 1. The van der Waals surface area contributed by atoms with Crippen molar-refractivity contribution in [2.45, 2.75) is 12.3 Å². The molecule has 0 N–H and O–H groups in total. The lowest BCUT2D eigenvalue weighted by Gasteiger charge is -2.13. The van der Waals surface area contributed by atoms with Crippen LogP contribution in [-0.2, 0) is 12.4 Å². The molecule has 0 fully saturated rings. The van der Waals surface area contributed by atoms with Crippen LogP contribution in [0.1, 0.15) is 11.3 Å². The lowest BCUT2D eigenvalue weighted by molar-refractivity contribution is 0.745. The number of alkyl halides is 1. The number of hydrogen-bond donors (Lipinski definition) is 0. The van der Waals surface area contributed by atoms with E-state index in [2.05, 4.69) is 25.9 Å². The molecule has 0 atom stereocenters. The van der Waals surface area contributed by atoms with Crippen molar-refractivity contribution in [1.29, 1.82) is 0 Å². The number of aryl methyl sites for hydroxylation is 2. The van der Waals surface area contributed by atoms with Crippen molar-refractivity contribution in [3.8, 4) is 0 Å². The topological polar surface area (TPSA) is 21.1 Å². The van der Waals surface area contributed by atoms with Crippen molar-refractivity contribution < 1.29 is 0 Å². The quantitative estimate of drug-likeness (QED) is 0.723. The predicted octanol–water partition coefficient (Wildman–Crippen LogP) is 1.69. The Balaban J connectivity index is 3.23. The number of aromatic nitrogens is 2. The zero-order chi connectivity index (χ0) is 9.30. The van der Waals surface area contributed by atoms with E-state index in [-0.39, 0.29) is 0 Å². The van der Waals surface area contributed by atoms with Gasteiger partial charge in [0.05, 0.1) is 5.69 Å². The highest BCUT2D eigenvalue weighted by Gasteiger charge is 2.12. The Kier molecular flexibility index (Phi) is 2.77. The van der Waals surface area contributed by atoms with Crippen LogP contribution in [0, 0.1) is 6.92 Å². The first-order chi connectivity index (χ1) is 5.57. The summed E-state index contributed by atoms with van der Waals surface area (Å²) < 4.78 is 1.91. The first kappa shape index (κ1) is 9.58. The van der Waals surface area contributed by atoms with Crippen molar-refractivity contribution >= 4 is 21.7 Å². The zero-order valence-corrected chi connectivity index (χ0v) is 9.51. The third-order valence-corrected chi connectivity index (χ3v) is 2.43. The Bertz CT molecular complexity index is 278. The fourth-order valence-corrected chi connectivity index (χ4v) is 2.06. The summed E-state index contributed by atoms with van der Waals surface area (Å²) in [6, 6.07) is 0. The fourth-order valence-electron chi connectivity index (χ4n) is 1.41. The van der Waals surface area contributed by atoms with Crippen molar-refractivity contribution in [3.63, 3.8) is 0 Å². The maximum Gasteiger partial charge on any atom is 0.130 e. The van der Waals surface area contributed by atoms with Crippen LogP contribution < -0.4 is 4.90 Å². The first-order valence-corrected chi connectivity index (χ1v) is 4.95. The Morgan fingerprint density at radius 1 is 1.50 bits per heavy atom. The summed E-state index contributed by atoms with van der Waals surface area (Å²) in [5, 5.41) is 5.21. The number of hydrogen-bond acceptors (Lipinski definition) is 2. The Labute approximate surface area is 81.5 Å². The lowest BCUT2D eigenvalue weighted by Crippen LogP contribution is -2.14. The van der Waals surface area contributed by atoms with Gasteiger partial charge in [0.2, 0.25) is 0 Å². The van der Waals surface area contributed by atoms with Crippen LogP contribution in [0.5, 0.6) is 0 Å². The minimum absolute atomic E-state index is 0.861. The van der Waals surface area contributed by atoms with Crippen molar-refractivity contribution in [3.05, 3.63) is 11.3 Å². The Morgan fingerprint density at radius 2 is 2.08 bits per heavy atom. The van der Waals surface area contributed by atoms with E-state index in [9.17, 15) is 0 Å². The second-order valence-electron chi connectivity index (χ2n) is 3.04. The third-order valence-electron chi connectivity index (χ3n) is 1.87. The van der Waals surface area contributed by atoms with Gasteiger partial charge < -0.3 is 4.90 Å². The van der Waals surface area contributed by atoms with Crippen molar-refractivity contribution in [2.24, 2.45) is 7.05 Å². The zero-order valence-electron chi connectivity index (χ0n) is 7.93. The Morgan fingerprint density at radius 3 is 2.42 bits per heavy atom. The molecule has 68 valence electrons. The molecule has 0 unspecified atom stereocenters. The normalized spacial score (nSPS) is 10.4. The first-order valence-electron chi connectivity index (χ1n) is 3.83. The molecule has 1 aromatic rings. The summed E-state index contributed by atoms with van der Waals surface area (Å²) in [6.07, 6.45) is 0. The highest BCUT2D eigenvalue weighted by Crippen LogP contribution is 2.23. The maximum absolute atomic E-state index is 4.35. The van der Waals surface area contributed by atoms with Gasteiger partial charge in [-0.2, -0.15) is 5.10 Å². The van der Waals surface area contributed by atoms with Gasteiger partial charge >= 0.3 is 0 Å². The van der Waals surface area contributed by atoms with Crippen LogP contribution in [0.4, 0.5) is 5.82 Å². The predicted molar refractivity (Wildman–Crippen MR) is 54.9 cm³/mol. The molecule has 0 bridgehead atoms. The Hall–Kier alpha value is -0.510. The lowest BCUT2D eigenvalue weighted by atomic mass is 10.3. The minimum atomic E-state index is 0.861. The largest absolute Gasteiger partial charge is 0.363 e. The van der Waals surface area contributed by atoms with E-state index in [1.54, 1.807) is 0 Å². The van der Waals surface area contributed by atoms with Gasteiger partial charge in [0.1, 0.15) is 5.82 Å². The van der Waals surface area contributed by atoms with Crippen molar-refractivity contribution in [2.75, 3.05) is 19.0 Å². The van der Waals surface area contributed by atoms with Crippen LogP contribution in [0.3, 0.4) is 0 Å². The molecule has 0 saturated carbocycles. The molecule has 0 amide bonds. The molecule has 0 aliphatic rings. The van der Waals surface area contributed by atoms with Gasteiger partial charge in [0.25, 0.3) is 0 Å².